The number of amides is 4. The Labute approximate surface area is 175 Å². The maximum Gasteiger partial charge on any atom is 0.317 e. The number of fused-ring (bicyclic) bond motifs is 1. The molecule has 0 bridgehead atoms. The Hall–Kier alpha value is -2.97. The second-order valence-electron chi connectivity index (χ2n) is 8.06. The third kappa shape index (κ3) is 4.77. The van der Waals surface area contributed by atoms with E-state index in [0.29, 0.717) is 31.0 Å². The number of rotatable bonds is 3. The summed E-state index contributed by atoms with van der Waals surface area (Å²) in [5.41, 5.74) is 4.89. The van der Waals surface area contributed by atoms with Crippen LogP contribution in [0.1, 0.15) is 38.5 Å². The summed E-state index contributed by atoms with van der Waals surface area (Å²) in [4.78, 5) is 39.1. The first kappa shape index (κ1) is 20.3. The van der Waals surface area contributed by atoms with Crippen LogP contribution in [0.2, 0.25) is 0 Å². The Balaban J connectivity index is 1.23. The van der Waals surface area contributed by atoms with Crippen LogP contribution in [0.5, 0.6) is 11.5 Å². The molecular weight excluding hydrogens is 388 g/mol. The molecule has 9 heteroatoms. The number of para-hydroxylation sites is 2. The second kappa shape index (κ2) is 9.23. The van der Waals surface area contributed by atoms with Gasteiger partial charge in [0.15, 0.2) is 11.5 Å². The van der Waals surface area contributed by atoms with E-state index in [9.17, 15) is 14.4 Å². The molecule has 1 aromatic rings. The van der Waals surface area contributed by atoms with Gasteiger partial charge in [0.1, 0.15) is 6.61 Å². The van der Waals surface area contributed by atoms with Gasteiger partial charge in [-0.3, -0.25) is 20.4 Å². The molecule has 30 heavy (non-hydrogen) atoms. The van der Waals surface area contributed by atoms with Crippen molar-refractivity contribution in [1.82, 2.24) is 21.1 Å². The molecule has 4 amide bonds. The highest BCUT2D eigenvalue weighted by molar-refractivity contribution is 5.86. The van der Waals surface area contributed by atoms with Crippen molar-refractivity contribution in [3.8, 4) is 11.5 Å². The van der Waals surface area contributed by atoms with Crippen molar-refractivity contribution >= 4 is 17.8 Å². The van der Waals surface area contributed by atoms with Gasteiger partial charge in [-0.25, -0.2) is 4.79 Å². The number of likely N-dealkylation sites (tertiary alicyclic amines) is 1. The first-order valence-electron chi connectivity index (χ1n) is 10.6. The van der Waals surface area contributed by atoms with Crippen molar-refractivity contribution in [2.45, 2.75) is 50.7 Å². The topological polar surface area (TPSA) is 109 Å². The SMILES string of the molecule is O=C(NNC(=O)[C@@H]1COc2ccccc2O1)[C@@H]1CCCN(C(=O)NC2CCCC2)C1. The van der Waals surface area contributed by atoms with Gasteiger partial charge >= 0.3 is 6.03 Å². The standard InChI is InChI=1S/C21H28N4O5/c26-19(14-6-5-11-25(12-14)21(28)22-15-7-1-2-8-15)23-24-20(27)18-13-29-16-9-3-4-10-17(16)30-18/h3-4,9-10,14-15,18H,1-2,5-8,11-13H2,(H,22,28)(H,23,26)(H,24,27)/t14-,18+/m1/s1. The fraction of sp³-hybridized carbons (Fsp3) is 0.571. The summed E-state index contributed by atoms with van der Waals surface area (Å²) in [5, 5.41) is 3.06. The first-order chi connectivity index (χ1) is 14.6. The number of hydrogen-bond acceptors (Lipinski definition) is 5. The lowest BCUT2D eigenvalue weighted by Crippen LogP contribution is -2.55. The number of piperidine rings is 1. The Morgan fingerprint density at radius 3 is 2.47 bits per heavy atom. The molecule has 3 N–H and O–H groups in total. The second-order valence-corrected chi connectivity index (χ2v) is 8.06. The smallest absolute Gasteiger partial charge is 0.317 e. The number of nitrogens with zero attached hydrogens (tertiary/aromatic N) is 1. The van der Waals surface area contributed by atoms with Crippen LogP contribution in [0.4, 0.5) is 4.79 Å². The molecule has 0 spiro atoms. The Bertz CT molecular complexity index is 795. The van der Waals surface area contributed by atoms with E-state index in [0.717, 1.165) is 32.1 Å². The van der Waals surface area contributed by atoms with Crippen LogP contribution in [-0.4, -0.2) is 54.6 Å². The van der Waals surface area contributed by atoms with Crippen molar-refractivity contribution in [2.24, 2.45) is 5.92 Å². The zero-order chi connectivity index (χ0) is 20.9. The van der Waals surface area contributed by atoms with Crippen LogP contribution in [0, 0.1) is 5.92 Å². The molecule has 9 nitrogen and oxygen atoms in total. The van der Waals surface area contributed by atoms with Crippen molar-refractivity contribution < 1.29 is 23.9 Å². The van der Waals surface area contributed by atoms with Crippen molar-refractivity contribution in [2.75, 3.05) is 19.7 Å². The largest absolute Gasteiger partial charge is 0.485 e. The molecule has 162 valence electrons. The van der Waals surface area contributed by atoms with E-state index in [1.165, 1.54) is 0 Å². The third-order valence-corrected chi connectivity index (χ3v) is 5.87. The first-order valence-corrected chi connectivity index (χ1v) is 10.6. The normalized spacial score (nSPS) is 23.5. The summed E-state index contributed by atoms with van der Waals surface area (Å²) in [7, 11) is 0. The van der Waals surface area contributed by atoms with E-state index in [-0.39, 0.29) is 30.5 Å². The van der Waals surface area contributed by atoms with Gasteiger partial charge in [-0.2, -0.15) is 0 Å². The summed E-state index contributed by atoms with van der Waals surface area (Å²) in [6.45, 7) is 1.05. The minimum absolute atomic E-state index is 0.0667. The quantitative estimate of drug-likeness (QED) is 0.645. The average molecular weight is 416 g/mol. The van der Waals surface area contributed by atoms with E-state index < -0.39 is 12.0 Å². The fourth-order valence-electron chi connectivity index (χ4n) is 4.17. The van der Waals surface area contributed by atoms with Gasteiger partial charge in [-0.1, -0.05) is 25.0 Å². The molecule has 1 aromatic carbocycles. The van der Waals surface area contributed by atoms with Crippen LogP contribution < -0.4 is 25.6 Å². The number of carbonyl (C=O) groups excluding carboxylic acids is 3. The summed E-state index contributed by atoms with van der Waals surface area (Å²) in [5.74, 6) is -0.0730. The zero-order valence-corrected chi connectivity index (χ0v) is 16.9. The highest BCUT2D eigenvalue weighted by Crippen LogP contribution is 2.30. The zero-order valence-electron chi connectivity index (χ0n) is 16.9. The summed E-state index contributed by atoms with van der Waals surface area (Å²) in [6, 6.07) is 7.25. The van der Waals surface area contributed by atoms with Crippen molar-refractivity contribution in [3.05, 3.63) is 24.3 Å². The summed E-state index contributed by atoms with van der Waals surface area (Å²) >= 11 is 0. The predicted octanol–water partition coefficient (Wildman–Crippen LogP) is 1.34. The molecule has 2 fully saturated rings. The lowest BCUT2D eigenvalue weighted by atomic mass is 9.97. The van der Waals surface area contributed by atoms with Gasteiger partial charge < -0.3 is 19.7 Å². The fourth-order valence-corrected chi connectivity index (χ4v) is 4.17. The van der Waals surface area contributed by atoms with Crippen molar-refractivity contribution in [3.63, 3.8) is 0 Å². The van der Waals surface area contributed by atoms with E-state index >= 15 is 0 Å². The molecule has 3 aliphatic rings. The molecule has 0 unspecified atom stereocenters. The molecule has 2 heterocycles. The molecule has 4 rings (SSSR count). The van der Waals surface area contributed by atoms with Gasteiger partial charge in [-0.05, 0) is 37.8 Å². The molecule has 1 saturated carbocycles. The number of nitrogens with one attached hydrogen (secondary N) is 3. The Morgan fingerprint density at radius 1 is 0.933 bits per heavy atom. The van der Waals surface area contributed by atoms with Crippen LogP contribution >= 0.6 is 0 Å². The molecular formula is C21H28N4O5. The highest BCUT2D eigenvalue weighted by atomic mass is 16.6. The number of carbonyl (C=O) groups is 3. The van der Waals surface area contributed by atoms with Crippen molar-refractivity contribution in [1.29, 1.82) is 0 Å². The van der Waals surface area contributed by atoms with E-state index in [2.05, 4.69) is 16.2 Å². The van der Waals surface area contributed by atoms with Gasteiger partial charge in [0.2, 0.25) is 12.0 Å². The number of hydrogen-bond donors (Lipinski definition) is 3. The maximum atomic E-state index is 12.5. The average Bonchev–Trinajstić information content (AvgIpc) is 3.30. The molecule has 1 aliphatic carbocycles. The molecule has 1 saturated heterocycles. The Kier molecular flexibility index (Phi) is 6.25. The van der Waals surface area contributed by atoms with E-state index in [4.69, 9.17) is 9.47 Å². The van der Waals surface area contributed by atoms with Crippen LogP contribution in [0.15, 0.2) is 24.3 Å². The summed E-state index contributed by atoms with van der Waals surface area (Å²) < 4.78 is 11.2. The number of hydrazine groups is 1. The number of benzene rings is 1. The highest BCUT2D eigenvalue weighted by Gasteiger charge is 2.31. The molecule has 2 aliphatic heterocycles. The van der Waals surface area contributed by atoms with Crippen LogP contribution in [0.3, 0.4) is 0 Å². The summed E-state index contributed by atoms with van der Waals surface area (Å²) in [6.07, 6.45) is 4.92. The van der Waals surface area contributed by atoms with Gasteiger partial charge in [0.05, 0.1) is 5.92 Å². The molecule has 0 aromatic heterocycles. The van der Waals surface area contributed by atoms with Crippen LogP contribution in [-0.2, 0) is 9.59 Å². The Morgan fingerprint density at radius 2 is 1.67 bits per heavy atom. The number of ether oxygens (including phenoxy) is 2. The van der Waals surface area contributed by atoms with Gasteiger partial charge in [0, 0.05) is 19.1 Å². The monoisotopic (exact) mass is 416 g/mol. The minimum atomic E-state index is -0.847. The van der Waals surface area contributed by atoms with E-state index in [1.807, 2.05) is 6.07 Å². The lowest BCUT2D eigenvalue weighted by Gasteiger charge is -2.33. The number of urea groups is 1. The maximum absolute atomic E-state index is 12.5. The third-order valence-electron chi connectivity index (χ3n) is 5.87. The lowest BCUT2D eigenvalue weighted by molar-refractivity contribution is -0.136. The predicted molar refractivity (Wildman–Crippen MR) is 108 cm³/mol. The molecule has 2 atom stereocenters. The van der Waals surface area contributed by atoms with Crippen LogP contribution in [0.25, 0.3) is 0 Å². The van der Waals surface area contributed by atoms with E-state index in [1.54, 1.807) is 23.1 Å². The van der Waals surface area contributed by atoms with Gasteiger partial charge in [0.25, 0.3) is 5.91 Å². The van der Waals surface area contributed by atoms with Gasteiger partial charge in [-0.15, -0.1) is 0 Å². The molecule has 0 radical (unpaired) electrons. The minimum Gasteiger partial charge on any atom is -0.485 e.